The normalized spacial score (nSPS) is 21.6. The molecular formula is C31H28BrN3O2S. The SMILES string of the molecule is C[C@@H]1CCCC[C@H]1N1C(=O)/C(=C/c2ccc(OCc3ccccc3C#N)c(Br)c2)SC1=Nc1ccccc1. The number of benzene rings is 3. The molecule has 1 saturated carbocycles. The molecule has 2 atom stereocenters. The second-order valence-corrected chi connectivity index (χ2v) is 11.5. The highest BCUT2D eigenvalue weighted by molar-refractivity contribution is 9.10. The second kappa shape index (κ2) is 12.0. The van der Waals surface area contributed by atoms with Crippen LogP contribution in [0, 0.1) is 17.2 Å². The van der Waals surface area contributed by atoms with E-state index in [1.54, 1.807) is 6.07 Å². The standard InChI is InChI=1S/C31H28BrN3O2S/c1-21-9-5-8-14-27(21)35-30(36)29(38-31(35)34-25-12-3-2-4-13-25)18-22-15-16-28(26(32)17-22)37-20-24-11-7-6-10-23(24)19-33/h2-4,6-7,10-13,15-18,21,27H,5,8-9,14,20H2,1H3/b29-18-,34-31?/t21-,27-/m1/s1. The number of nitrogens with zero attached hydrogens (tertiary/aromatic N) is 3. The summed E-state index contributed by atoms with van der Waals surface area (Å²) in [6.45, 7) is 2.54. The second-order valence-electron chi connectivity index (χ2n) is 9.59. The van der Waals surface area contributed by atoms with Crippen molar-refractivity contribution in [2.75, 3.05) is 0 Å². The Balaban J connectivity index is 1.39. The van der Waals surface area contributed by atoms with Gasteiger partial charge in [-0.15, -0.1) is 0 Å². The van der Waals surface area contributed by atoms with E-state index in [-0.39, 0.29) is 11.9 Å². The Morgan fingerprint density at radius 2 is 1.87 bits per heavy atom. The van der Waals surface area contributed by atoms with Gasteiger partial charge < -0.3 is 4.74 Å². The van der Waals surface area contributed by atoms with Gasteiger partial charge in [0.15, 0.2) is 5.17 Å². The molecule has 5 rings (SSSR count). The Morgan fingerprint density at radius 3 is 2.63 bits per heavy atom. The van der Waals surface area contributed by atoms with E-state index in [2.05, 4.69) is 28.9 Å². The third kappa shape index (κ3) is 5.87. The smallest absolute Gasteiger partial charge is 0.267 e. The molecule has 1 aliphatic carbocycles. The van der Waals surface area contributed by atoms with Crippen LogP contribution in [-0.2, 0) is 11.4 Å². The van der Waals surface area contributed by atoms with Crippen LogP contribution in [0.3, 0.4) is 0 Å². The molecule has 0 N–H and O–H groups in total. The van der Waals surface area contributed by atoms with Gasteiger partial charge in [-0.3, -0.25) is 9.69 Å². The van der Waals surface area contributed by atoms with Gasteiger partial charge in [0.2, 0.25) is 0 Å². The molecule has 2 aliphatic rings. The monoisotopic (exact) mass is 585 g/mol. The summed E-state index contributed by atoms with van der Waals surface area (Å²) < 4.78 is 6.77. The van der Waals surface area contributed by atoms with Gasteiger partial charge in [-0.2, -0.15) is 5.26 Å². The van der Waals surface area contributed by atoms with Crippen molar-refractivity contribution in [2.24, 2.45) is 10.9 Å². The van der Waals surface area contributed by atoms with Gasteiger partial charge in [0.1, 0.15) is 12.4 Å². The van der Waals surface area contributed by atoms with E-state index in [1.807, 2.05) is 77.7 Å². The summed E-state index contributed by atoms with van der Waals surface area (Å²) in [5.41, 5.74) is 3.18. The lowest BCUT2D eigenvalue weighted by molar-refractivity contribution is -0.124. The van der Waals surface area contributed by atoms with Crippen molar-refractivity contribution in [2.45, 2.75) is 45.3 Å². The van der Waals surface area contributed by atoms with Crippen LogP contribution in [0.25, 0.3) is 6.08 Å². The Kier molecular flexibility index (Phi) is 8.31. The Morgan fingerprint density at radius 1 is 1.11 bits per heavy atom. The predicted octanol–water partition coefficient (Wildman–Crippen LogP) is 8.08. The zero-order valence-electron chi connectivity index (χ0n) is 21.1. The van der Waals surface area contributed by atoms with Crippen molar-refractivity contribution in [1.82, 2.24) is 4.90 Å². The molecule has 0 aromatic heterocycles. The molecular weight excluding hydrogens is 558 g/mol. The number of para-hydroxylation sites is 1. The summed E-state index contributed by atoms with van der Waals surface area (Å²) >= 11 is 5.06. The average Bonchev–Trinajstić information content (AvgIpc) is 3.23. The summed E-state index contributed by atoms with van der Waals surface area (Å²) in [6, 6.07) is 25.4. The number of hydrogen-bond donors (Lipinski definition) is 0. The number of hydrogen-bond acceptors (Lipinski definition) is 5. The molecule has 0 radical (unpaired) electrons. The molecule has 0 unspecified atom stereocenters. The number of nitriles is 1. The van der Waals surface area contributed by atoms with Crippen molar-refractivity contribution < 1.29 is 9.53 Å². The van der Waals surface area contributed by atoms with Crippen LogP contribution in [0.2, 0.25) is 0 Å². The lowest BCUT2D eigenvalue weighted by Gasteiger charge is -2.35. The van der Waals surface area contributed by atoms with E-state index in [0.29, 0.717) is 28.7 Å². The number of ether oxygens (including phenoxy) is 1. The first-order chi connectivity index (χ1) is 18.5. The highest BCUT2D eigenvalue weighted by atomic mass is 79.9. The fourth-order valence-electron chi connectivity index (χ4n) is 4.94. The van der Waals surface area contributed by atoms with Crippen molar-refractivity contribution in [3.8, 4) is 11.8 Å². The van der Waals surface area contributed by atoms with E-state index < -0.39 is 0 Å². The Bertz CT molecular complexity index is 1430. The van der Waals surface area contributed by atoms with Crippen LogP contribution in [0.5, 0.6) is 5.75 Å². The summed E-state index contributed by atoms with van der Waals surface area (Å²) in [7, 11) is 0. The molecule has 3 aromatic carbocycles. The number of carbonyl (C=O) groups excluding carboxylic acids is 1. The van der Waals surface area contributed by atoms with Crippen molar-refractivity contribution >= 4 is 50.5 Å². The number of thioether (sulfide) groups is 1. The molecule has 38 heavy (non-hydrogen) atoms. The summed E-state index contributed by atoms with van der Waals surface area (Å²) in [5.74, 6) is 1.13. The first kappa shape index (κ1) is 26.3. The molecule has 1 amide bonds. The predicted molar refractivity (Wildman–Crippen MR) is 157 cm³/mol. The zero-order chi connectivity index (χ0) is 26.5. The van der Waals surface area contributed by atoms with Gasteiger partial charge in [-0.25, -0.2) is 4.99 Å². The first-order valence-corrected chi connectivity index (χ1v) is 14.4. The number of aliphatic imine (C=N–C) groups is 1. The van der Waals surface area contributed by atoms with Crippen LogP contribution in [0.4, 0.5) is 5.69 Å². The number of rotatable bonds is 6. The maximum atomic E-state index is 13.7. The molecule has 7 heteroatoms. The van der Waals surface area contributed by atoms with Gasteiger partial charge in [-0.1, -0.05) is 62.2 Å². The van der Waals surface area contributed by atoms with E-state index in [4.69, 9.17) is 9.73 Å². The van der Waals surface area contributed by atoms with Crippen LogP contribution < -0.4 is 4.74 Å². The Labute approximate surface area is 236 Å². The van der Waals surface area contributed by atoms with Gasteiger partial charge in [0.25, 0.3) is 5.91 Å². The maximum Gasteiger partial charge on any atom is 0.267 e. The van der Waals surface area contributed by atoms with Crippen LogP contribution in [0.15, 0.2) is 87.2 Å². The van der Waals surface area contributed by atoms with E-state index >= 15 is 0 Å². The largest absolute Gasteiger partial charge is 0.488 e. The summed E-state index contributed by atoms with van der Waals surface area (Å²) in [4.78, 5) is 21.2. The topological polar surface area (TPSA) is 65.7 Å². The number of amidine groups is 1. The lowest BCUT2D eigenvalue weighted by atomic mass is 9.85. The maximum absolute atomic E-state index is 13.7. The molecule has 0 bridgehead atoms. The minimum atomic E-state index is 0.0213. The molecule has 3 aromatic rings. The molecule has 1 saturated heterocycles. The first-order valence-electron chi connectivity index (χ1n) is 12.8. The van der Waals surface area contributed by atoms with E-state index in [0.717, 1.165) is 45.7 Å². The van der Waals surface area contributed by atoms with Crippen molar-refractivity contribution in [1.29, 1.82) is 5.26 Å². The molecule has 1 heterocycles. The highest BCUT2D eigenvalue weighted by Crippen LogP contribution is 2.40. The fraction of sp³-hybridized carbons (Fsp3) is 0.258. The fourth-order valence-corrected chi connectivity index (χ4v) is 6.49. The van der Waals surface area contributed by atoms with Crippen LogP contribution >= 0.6 is 27.7 Å². The average molecular weight is 587 g/mol. The van der Waals surface area contributed by atoms with Crippen LogP contribution in [0.1, 0.15) is 49.3 Å². The summed E-state index contributed by atoms with van der Waals surface area (Å²) in [6.07, 6.45) is 6.41. The van der Waals surface area contributed by atoms with Gasteiger partial charge in [-0.05, 0) is 88.4 Å². The third-order valence-corrected chi connectivity index (χ3v) is 8.59. The van der Waals surface area contributed by atoms with Crippen molar-refractivity contribution in [3.05, 3.63) is 98.9 Å². The number of carbonyl (C=O) groups is 1. The summed E-state index contributed by atoms with van der Waals surface area (Å²) in [5, 5.41) is 10.1. The molecule has 2 fully saturated rings. The van der Waals surface area contributed by atoms with Crippen molar-refractivity contribution in [3.63, 3.8) is 0 Å². The minimum Gasteiger partial charge on any atom is -0.488 e. The third-order valence-electron chi connectivity index (χ3n) is 6.99. The van der Waals surface area contributed by atoms with Gasteiger partial charge in [0, 0.05) is 11.6 Å². The minimum absolute atomic E-state index is 0.0213. The number of halogens is 1. The zero-order valence-corrected chi connectivity index (χ0v) is 23.5. The Hall–Kier alpha value is -3.34. The van der Waals surface area contributed by atoms with Gasteiger partial charge in [0.05, 0.1) is 26.7 Å². The van der Waals surface area contributed by atoms with E-state index in [9.17, 15) is 10.1 Å². The molecule has 5 nitrogen and oxygen atoms in total. The quantitative estimate of drug-likeness (QED) is 0.274. The van der Waals surface area contributed by atoms with Crippen LogP contribution in [-0.4, -0.2) is 22.0 Å². The van der Waals surface area contributed by atoms with Gasteiger partial charge >= 0.3 is 0 Å². The molecule has 0 spiro atoms. The van der Waals surface area contributed by atoms with E-state index in [1.165, 1.54) is 18.2 Å². The molecule has 1 aliphatic heterocycles. The number of amides is 1. The molecule has 192 valence electrons. The lowest BCUT2D eigenvalue weighted by Crippen LogP contribution is -2.44. The highest BCUT2D eigenvalue weighted by Gasteiger charge is 2.41.